The van der Waals surface area contributed by atoms with Crippen molar-refractivity contribution in [3.8, 4) is 5.75 Å². The number of piperidine rings is 1. The van der Waals surface area contributed by atoms with E-state index in [1.54, 1.807) is 24.3 Å². The van der Waals surface area contributed by atoms with Crippen LogP contribution in [0.5, 0.6) is 5.75 Å². The van der Waals surface area contributed by atoms with Crippen LogP contribution in [0.15, 0.2) is 29.2 Å². The summed E-state index contributed by atoms with van der Waals surface area (Å²) in [6, 6.07) is 6.53. The Morgan fingerprint density at radius 1 is 1.15 bits per heavy atom. The van der Waals surface area contributed by atoms with E-state index in [1.807, 2.05) is 18.7 Å². The molecule has 1 aliphatic rings. The van der Waals surface area contributed by atoms with Gasteiger partial charge in [0.05, 0.1) is 11.5 Å². The summed E-state index contributed by atoms with van der Waals surface area (Å²) in [5.41, 5.74) is 0. The molecule has 1 amide bonds. The van der Waals surface area contributed by atoms with E-state index in [1.165, 1.54) is 4.31 Å². The summed E-state index contributed by atoms with van der Waals surface area (Å²) in [4.78, 5) is 14.9. The fourth-order valence-corrected chi connectivity index (χ4v) is 4.87. The quantitative estimate of drug-likeness (QED) is 0.643. The fraction of sp³-hybridized carbons (Fsp3) is 0.650. The van der Waals surface area contributed by atoms with E-state index in [-0.39, 0.29) is 16.7 Å². The molecule has 0 aromatic heterocycles. The van der Waals surface area contributed by atoms with Crippen molar-refractivity contribution in [1.82, 2.24) is 9.21 Å². The standard InChI is InChI=1S/C20H32N2O4S/c1-4-7-14-21(5-2)20(23)17-12-15-22(16-13-17)27(24,25)19-10-8-18(9-11-19)26-6-3/h8-11,17H,4-7,12-16H2,1-3H3. The predicted molar refractivity (Wildman–Crippen MR) is 106 cm³/mol. The van der Waals surface area contributed by atoms with Gasteiger partial charge in [0.25, 0.3) is 0 Å². The van der Waals surface area contributed by atoms with Gasteiger partial charge in [-0.3, -0.25) is 4.79 Å². The number of carbonyl (C=O) groups excluding carboxylic acids is 1. The number of sulfonamides is 1. The molecule has 0 unspecified atom stereocenters. The molecule has 0 saturated carbocycles. The highest BCUT2D eigenvalue weighted by atomic mass is 32.2. The average Bonchev–Trinajstić information content (AvgIpc) is 2.69. The largest absolute Gasteiger partial charge is 0.494 e. The molecule has 1 saturated heterocycles. The Bertz CT molecular complexity index is 695. The summed E-state index contributed by atoms with van der Waals surface area (Å²) in [5, 5.41) is 0. The van der Waals surface area contributed by atoms with Crippen LogP contribution in [0.1, 0.15) is 46.5 Å². The van der Waals surface area contributed by atoms with Gasteiger partial charge < -0.3 is 9.64 Å². The molecule has 0 aliphatic carbocycles. The Hall–Kier alpha value is -1.60. The SMILES string of the molecule is CCCCN(CC)C(=O)C1CCN(S(=O)(=O)c2ccc(OCC)cc2)CC1. The molecule has 27 heavy (non-hydrogen) atoms. The van der Waals surface area contributed by atoms with Crippen molar-refractivity contribution < 1.29 is 17.9 Å². The zero-order valence-electron chi connectivity index (χ0n) is 16.7. The summed E-state index contributed by atoms with van der Waals surface area (Å²) in [7, 11) is -3.53. The Morgan fingerprint density at radius 2 is 1.78 bits per heavy atom. The maximum absolute atomic E-state index is 12.9. The summed E-state index contributed by atoms with van der Waals surface area (Å²) in [6.45, 7) is 8.81. The van der Waals surface area contributed by atoms with E-state index >= 15 is 0 Å². The number of ether oxygens (including phenoxy) is 1. The third-order valence-corrected chi connectivity index (χ3v) is 6.96. The predicted octanol–water partition coefficient (Wildman–Crippen LogP) is 3.13. The highest BCUT2D eigenvalue weighted by Crippen LogP contribution is 2.26. The molecule has 6 nitrogen and oxygen atoms in total. The van der Waals surface area contributed by atoms with E-state index in [9.17, 15) is 13.2 Å². The molecule has 0 atom stereocenters. The normalized spacial score (nSPS) is 16.3. The first-order chi connectivity index (χ1) is 12.9. The lowest BCUT2D eigenvalue weighted by atomic mass is 9.96. The number of hydrogen-bond donors (Lipinski definition) is 0. The molecule has 7 heteroatoms. The molecule has 2 rings (SSSR count). The van der Waals surface area contributed by atoms with Gasteiger partial charge in [-0.25, -0.2) is 8.42 Å². The molecule has 0 radical (unpaired) electrons. The topological polar surface area (TPSA) is 66.9 Å². The number of carbonyl (C=O) groups is 1. The van der Waals surface area contributed by atoms with Crippen LogP contribution >= 0.6 is 0 Å². The molecule has 1 fully saturated rings. The second-order valence-corrected chi connectivity index (χ2v) is 8.79. The van der Waals surface area contributed by atoms with Gasteiger partial charge in [0.15, 0.2) is 0 Å². The Balaban J connectivity index is 1.98. The van der Waals surface area contributed by atoms with E-state index in [2.05, 4.69) is 6.92 Å². The van der Waals surface area contributed by atoms with Crippen LogP contribution < -0.4 is 4.74 Å². The molecular weight excluding hydrogens is 364 g/mol. The number of nitrogens with zero attached hydrogens (tertiary/aromatic N) is 2. The van der Waals surface area contributed by atoms with Crippen LogP contribution in [0.25, 0.3) is 0 Å². The van der Waals surface area contributed by atoms with Crippen LogP contribution in [0, 0.1) is 5.92 Å². The zero-order valence-corrected chi connectivity index (χ0v) is 17.5. The van der Waals surface area contributed by atoms with Crippen molar-refractivity contribution in [2.45, 2.75) is 51.3 Å². The first kappa shape index (κ1) is 21.7. The van der Waals surface area contributed by atoms with Gasteiger partial charge in [0.2, 0.25) is 15.9 Å². The van der Waals surface area contributed by atoms with Gasteiger partial charge in [-0.2, -0.15) is 4.31 Å². The van der Waals surface area contributed by atoms with E-state index in [0.717, 1.165) is 19.4 Å². The second-order valence-electron chi connectivity index (χ2n) is 6.85. The molecule has 1 aromatic rings. The second kappa shape index (κ2) is 10.1. The van der Waals surface area contributed by atoms with Gasteiger partial charge in [0.1, 0.15) is 5.75 Å². The number of hydrogen-bond acceptors (Lipinski definition) is 4. The lowest BCUT2D eigenvalue weighted by Crippen LogP contribution is -2.44. The molecule has 0 spiro atoms. The first-order valence-electron chi connectivity index (χ1n) is 9.95. The van der Waals surface area contributed by atoms with Crippen molar-refractivity contribution in [2.75, 3.05) is 32.8 Å². The van der Waals surface area contributed by atoms with Gasteiger partial charge in [0, 0.05) is 32.1 Å². The molecule has 152 valence electrons. The Labute approximate surface area is 163 Å². The number of unbranched alkanes of at least 4 members (excludes halogenated alkanes) is 1. The molecule has 1 aromatic carbocycles. The van der Waals surface area contributed by atoms with Crippen LogP contribution in [-0.4, -0.2) is 56.3 Å². The number of benzene rings is 1. The number of rotatable bonds is 9. The summed E-state index contributed by atoms with van der Waals surface area (Å²) < 4.78 is 32.6. The average molecular weight is 397 g/mol. The van der Waals surface area contributed by atoms with Crippen molar-refractivity contribution in [2.24, 2.45) is 5.92 Å². The monoisotopic (exact) mass is 396 g/mol. The summed E-state index contributed by atoms with van der Waals surface area (Å²) in [6.07, 6.45) is 3.22. The van der Waals surface area contributed by atoms with Gasteiger partial charge >= 0.3 is 0 Å². The molecular formula is C20H32N2O4S. The molecule has 1 heterocycles. The lowest BCUT2D eigenvalue weighted by Gasteiger charge is -2.33. The smallest absolute Gasteiger partial charge is 0.243 e. The van der Waals surface area contributed by atoms with Crippen molar-refractivity contribution in [3.63, 3.8) is 0 Å². The maximum Gasteiger partial charge on any atom is 0.243 e. The minimum atomic E-state index is -3.53. The van der Waals surface area contributed by atoms with Gasteiger partial charge in [-0.15, -0.1) is 0 Å². The third-order valence-electron chi connectivity index (χ3n) is 5.05. The lowest BCUT2D eigenvalue weighted by molar-refractivity contribution is -0.136. The van der Waals surface area contributed by atoms with Crippen LogP contribution in [-0.2, 0) is 14.8 Å². The summed E-state index contributed by atoms with van der Waals surface area (Å²) >= 11 is 0. The fourth-order valence-electron chi connectivity index (χ4n) is 3.40. The minimum Gasteiger partial charge on any atom is -0.494 e. The number of amides is 1. The van der Waals surface area contributed by atoms with Gasteiger partial charge in [-0.1, -0.05) is 13.3 Å². The highest BCUT2D eigenvalue weighted by molar-refractivity contribution is 7.89. The highest BCUT2D eigenvalue weighted by Gasteiger charge is 2.33. The molecule has 0 bridgehead atoms. The van der Waals surface area contributed by atoms with Crippen molar-refractivity contribution in [1.29, 1.82) is 0 Å². The van der Waals surface area contributed by atoms with Crippen molar-refractivity contribution >= 4 is 15.9 Å². The molecule has 0 N–H and O–H groups in total. The van der Waals surface area contributed by atoms with Gasteiger partial charge in [-0.05, 0) is 57.4 Å². The van der Waals surface area contributed by atoms with Crippen molar-refractivity contribution in [3.05, 3.63) is 24.3 Å². The third kappa shape index (κ3) is 5.45. The Kier molecular flexibility index (Phi) is 8.10. The zero-order chi connectivity index (χ0) is 19.9. The van der Waals surface area contributed by atoms with E-state index in [0.29, 0.717) is 44.8 Å². The van der Waals surface area contributed by atoms with Crippen LogP contribution in [0.4, 0.5) is 0 Å². The van der Waals surface area contributed by atoms with E-state index < -0.39 is 10.0 Å². The van der Waals surface area contributed by atoms with Crippen LogP contribution in [0.2, 0.25) is 0 Å². The Morgan fingerprint density at radius 3 is 2.30 bits per heavy atom. The first-order valence-corrected chi connectivity index (χ1v) is 11.4. The summed E-state index contributed by atoms with van der Waals surface area (Å²) in [5.74, 6) is 0.755. The minimum absolute atomic E-state index is 0.0754. The molecule has 1 aliphatic heterocycles. The van der Waals surface area contributed by atoms with E-state index in [4.69, 9.17) is 4.74 Å². The van der Waals surface area contributed by atoms with Crippen LogP contribution in [0.3, 0.4) is 0 Å². The maximum atomic E-state index is 12.9.